The van der Waals surface area contributed by atoms with E-state index in [1.54, 1.807) is 29.2 Å². The maximum atomic E-state index is 9.66. The SMILES string of the molecule is OCC(O)COc1ccc2cnn(-c3ccnc(NC4CCC(O)CC4)n3)c2c1. The number of hydrogen-bond acceptors (Lipinski definition) is 8. The first-order chi connectivity index (χ1) is 14.1. The third-order valence-corrected chi connectivity index (χ3v) is 5.08. The minimum atomic E-state index is -0.924. The standard InChI is InChI=1S/C20H25N5O4/c26-11-16(28)12-29-17-6-1-13-10-22-25(18(13)9-17)19-7-8-21-20(24-19)23-14-2-4-15(27)5-3-14/h1,6-10,14-16,26-28H,2-5,11-12H2,(H,21,23,24). The number of ether oxygens (including phenoxy) is 1. The topological polar surface area (TPSA) is 126 Å². The molecule has 1 aromatic carbocycles. The Morgan fingerprint density at radius 2 is 2.03 bits per heavy atom. The summed E-state index contributed by atoms with van der Waals surface area (Å²) in [6, 6.07) is 7.53. The number of aromatic nitrogens is 4. The molecule has 4 rings (SSSR count). The van der Waals surface area contributed by atoms with Crippen molar-refractivity contribution in [2.75, 3.05) is 18.5 Å². The van der Waals surface area contributed by atoms with Crippen LogP contribution in [0.2, 0.25) is 0 Å². The van der Waals surface area contributed by atoms with Crippen LogP contribution in [0.25, 0.3) is 16.7 Å². The van der Waals surface area contributed by atoms with Gasteiger partial charge in [-0.15, -0.1) is 0 Å². The zero-order valence-electron chi connectivity index (χ0n) is 16.0. The van der Waals surface area contributed by atoms with Gasteiger partial charge >= 0.3 is 0 Å². The maximum Gasteiger partial charge on any atom is 0.224 e. The molecule has 1 aliphatic carbocycles. The number of anilines is 1. The van der Waals surface area contributed by atoms with Crippen LogP contribution in [0, 0.1) is 0 Å². The van der Waals surface area contributed by atoms with Crippen LogP contribution in [0.1, 0.15) is 25.7 Å². The number of nitrogens with zero attached hydrogens (tertiary/aromatic N) is 4. The monoisotopic (exact) mass is 399 g/mol. The molecule has 0 aliphatic heterocycles. The molecule has 1 fully saturated rings. The summed E-state index contributed by atoms with van der Waals surface area (Å²) in [6.07, 6.45) is 5.66. The van der Waals surface area contributed by atoms with E-state index in [2.05, 4.69) is 20.4 Å². The average Bonchev–Trinajstić information content (AvgIpc) is 3.17. The van der Waals surface area contributed by atoms with Crippen molar-refractivity contribution in [2.24, 2.45) is 0 Å². The molecular formula is C20H25N5O4. The molecule has 0 spiro atoms. The highest BCUT2D eigenvalue weighted by atomic mass is 16.5. The van der Waals surface area contributed by atoms with E-state index in [1.807, 2.05) is 12.1 Å². The van der Waals surface area contributed by atoms with E-state index in [1.165, 1.54) is 0 Å². The highest BCUT2D eigenvalue weighted by Crippen LogP contribution is 2.24. The van der Waals surface area contributed by atoms with Crippen LogP contribution in [0.4, 0.5) is 5.95 Å². The van der Waals surface area contributed by atoms with Crippen molar-refractivity contribution in [1.82, 2.24) is 19.7 Å². The van der Waals surface area contributed by atoms with Gasteiger partial charge in [0, 0.05) is 29.8 Å². The highest BCUT2D eigenvalue weighted by molar-refractivity contribution is 5.81. The summed E-state index contributed by atoms with van der Waals surface area (Å²) in [5.74, 6) is 1.73. The van der Waals surface area contributed by atoms with Crippen molar-refractivity contribution >= 4 is 16.9 Å². The Morgan fingerprint density at radius 3 is 2.83 bits per heavy atom. The molecule has 0 radical (unpaired) electrons. The Labute approximate surface area is 168 Å². The summed E-state index contributed by atoms with van der Waals surface area (Å²) < 4.78 is 7.25. The van der Waals surface area contributed by atoms with Gasteiger partial charge in [-0.05, 0) is 37.8 Å². The number of aliphatic hydroxyl groups is 3. The number of nitrogens with one attached hydrogen (secondary N) is 1. The quantitative estimate of drug-likeness (QED) is 0.468. The smallest absolute Gasteiger partial charge is 0.224 e. The van der Waals surface area contributed by atoms with Gasteiger partial charge in [0.15, 0.2) is 5.82 Å². The van der Waals surface area contributed by atoms with Crippen molar-refractivity contribution < 1.29 is 20.1 Å². The van der Waals surface area contributed by atoms with Gasteiger partial charge < -0.3 is 25.4 Å². The van der Waals surface area contributed by atoms with Crippen LogP contribution in [0.3, 0.4) is 0 Å². The fourth-order valence-electron chi connectivity index (χ4n) is 3.46. The first-order valence-electron chi connectivity index (χ1n) is 9.80. The molecule has 4 N–H and O–H groups in total. The summed E-state index contributed by atoms with van der Waals surface area (Å²) in [7, 11) is 0. The highest BCUT2D eigenvalue weighted by Gasteiger charge is 2.20. The van der Waals surface area contributed by atoms with E-state index < -0.39 is 6.10 Å². The number of aliphatic hydroxyl groups excluding tert-OH is 3. The molecule has 9 nitrogen and oxygen atoms in total. The molecule has 0 amide bonds. The normalized spacial score (nSPS) is 20.5. The molecule has 1 atom stereocenters. The van der Waals surface area contributed by atoms with E-state index in [-0.39, 0.29) is 25.4 Å². The summed E-state index contributed by atoms with van der Waals surface area (Å²) >= 11 is 0. The van der Waals surface area contributed by atoms with Crippen molar-refractivity contribution in [1.29, 1.82) is 0 Å². The predicted molar refractivity (Wildman–Crippen MR) is 107 cm³/mol. The molecular weight excluding hydrogens is 374 g/mol. The molecule has 0 saturated heterocycles. The van der Waals surface area contributed by atoms with Gasteiger partial charge in [-0.3, -0.25) is 0 Å². The molecule has 0 bridgehead atoms. The molecule has 1 aliphatic rings. The summed E-state index contributed by atoms with van der Waals surface area (Å²) in [4.78, 5) is 8.91. The van der Waals surface area contributed by atoms with Gasteiger partial charge in [0.1, 0.15) is 18.5 Å². The third kappa shape index (κ3) is 4.64. The summed E-state index contributed by atoms with van der Waals surface area (Å²) in [5.41, 5.74) is 0.812. The van der Waals surface area contributed by atoms with E-state index >= 15 is 0 Å². The Kier molecular flexibility index (Phi) is 5.89. The van der Waals surface area contributed by atoms with Crippen LogP contribution < -0.4 is 10.1 Å². The fraction of sp³-hybridized carbons (Fsp3) is 0.450. The molecule has 1 unspecified atom stereocenters. The molecule has 1 saturated carbocycles. The van der Waals surface area contributed by atoms with Crippen LogP contribution in [0.5, 0.6) is 5.75 Å². The van der Waals surface area contributed by atoms with Gasteiger partial charge in [-0.25, -0.2) is 9.67 Å². The zero-order chi connectivity index (χ0) is 20.2. The average molecular weight is 399 g/mol. The second-order valence-corrected chi connectivity index (χ2v) is 7.31. The minimum absolute atomic E-state index is 0.00774. The van der Waals surface area contributed by atoms with Crippen LogP contribution in [0.15, 0.2) is 36.7 Å². The lowest BCUT2D eigenvalue weighted by atomic mass is 9.93. The van der Waals surface area contributed by atoms with E-state index in [9.17, 15) is 10.2 Å². The van der Waals surface area contributed by atoms with Crippen molar-refractivity contribution in [3.8, 4) is 11.6 Å². The molecule has 29 heavy (non-hydrogen) atoms. The Balaban J connectivity index is 1.54. The number of benzene rings is 1. The second-order valence-electron chi connectivity index (χ2n) is 7.31. The molecule has 3 aromatic rings. The van der Waals surface area contributed by atoms with Crippen LogP contribution in [-0.4, -0.2) is 66.5 Å². The van der Waals surface area contributed by atoms with Gasteiger partial charge in [-0.2, -0.15) is 10.1 Å². The Morgan fingerprint density at radius 1 is 1.21 bits per heavy atom. The van der Waals surface area contributed by atoms with E-state index in [0.717, 1.165) is 36.6 Å². The van der Waals surface area contributed by atoms with Gasteiger partial charge in [0.05, 0.1) is 24.4 Å². The van der Waals surface area contributed by atoms with E-state index in [4.69, 9.17) is 9.84 Å². The number of hydrogen-bond donors (Lipinski definition) is 4. The number of fused-ring (bicyclic) bond motifs is 1. The first kappa shape index (κ1) is 19.6. The van der Waals surface area contributed by atoms with Gasteiger partial charge in [0.25, 0.3) is 0 Å². The van der Waals surface area contributed by atoms with Gasteiger partial charge in [-0.1, -0.05) is 0 Å². The molecule has 2 aromatic heterocycles. The molecule has 2 heterocycles. The number of rotatable bonds is 7. The summed E-state index contributed by atoms with van der Waals surface area (Å²) in [5, 5.41) is 36.8. The van der Waals surface area contributed by atoms with Gasteiger partial charge in [0.2, 0.25) is 5.95 Å². The van der Waals surface area contributed by atoms with Crippen molar-refractivity contribution in [3.63, 3.8) is 0 Å². The second kappa shape index (κ2) is 8.73. The predicted octanol–water partition coefficient (Wildman–Crippen LogP) is 1.26. The summed E-state index contributed by atoms with van der Waals surface area (Å²) in [6.45, 7) is -0.343. The lowest BCUT2D eigenvalue weighted by molar-refractivity contribution is 0.0536. The Hall–Kier alpha value is -2.75. The van der Waals surface area contributed by atoms with E-state index in [0.29, 0.717) is 17.5 Å². The lowest BCUT2D eigenvalue weighted by Crippen LogP contribution is -2.29. The van der Waals surface area contributed by atoms with Crippen LogP contribution in [-0.2, 0) is 0 Å². The molecule has 154 valence electrons. The van der Waals surface area contributed by atoms with Crippen LogP contribution >= 0.6 is 0 Å². The molecule has 9 heteroatoms. The minimum Gasteiger partial charge on any atom is -0.491 e. The fourth-order valence-corrected chi connectivity index (χ4v) is 3.46. The maximum absolute atomic E-state index is 9.66. The van der Waals surface area contributed by atoms with Crippen molar-refractivity contribution in [3.05, 3.63) is 36.7 Å². The Bertz CT molecular complexity index is 955. The first-order valence-corrected chi connectivity index (χ1v) is 9.80. The lowest BCUT2D eigenvalue weighted by Gasteiger charge is -2.26. The largest absolute Gasteiger partial charge is 0.491 e. The van der Waals surface area contributed by atoms with Crippen molar-refractivity contribution in [2.45, 2.75) is 43.9 Å². The zero-order valence-corrected chi connectivity index (χ0v) is 16.0. The third-order valence-electron chi connectivity index (χ3n) is 5.08.